The summed E-state index contributed by atoms with van der Waals surface area (Å²) in [5, 5.41) is 5.40. The summed E-state index contributed by atoms with van der Waals surface area (Å²) in [6, 6.07) is 6.05. The lowest BCUT2D eigenvalue weighted by Crippen LogP contribution is -2.38. The number of hydrogen-bond acceptors (Lipinski definition) is 6. The summed E-state index contributed by atoms with van der Waals surface area (Å²) in [6.07, 6.45) is 1.40. The van der Waals surface area contributed by atoms with Crippen LogP contribution in [0.25, 0.3) is 21.3 Å². The highest BCUT2D eigenvalue weighted by Crippen LogP contribution is 2.37. The second-order valence-electron chi connectivity index (χ2n) is 5.73. The number of thiophene rings is 1. The lowest BCUT2D eigenvalue weighted by Gasteiger charge is -2.13. The Morgan fingerprint density at radius 3 is 2.81 bits per heavy atom. The molecule has 0 saturated carbocycles. The van der Waals surface area contributed by atoms with Crippen molar-refractivity contribution in [2.24, 2.45) is 0 Å². The molecule has 6 nitrogen and oxygen atoms in total. The van der Waals surface area contributed by atoms with E-state index in [-0.39, 0.29) is 24.4 Å². The van der Waals surface area contributed by atoms with E-state index in [2.05, 4.69) is 15.3 Å². The summed E-state index contributed by atoms with van der Waals surface area (Å²) in [4.78, 5) is 21.1. The molecule has 1 atom stereocenters. The number of rotatable bonds is 7. The number of carbonyl (C=O) groups excluding carboxylic acids is 1. The predicted molar refractivity (Wildman–Crippen MR) is 97.8 cm³/mol. The molecule has 136 valence electrons. The molecular formula is C18H18FN3O3S. The summed E-state index contributed by atoms with van der Waals surface area (Å²) in [5.41, 5.74) is 1.67. The number of fused-ring (bicyclic) bond motifs is 1. The number of halogens is 1. The van der Waals surface area contributed by atoms with E-state index in [1.165, 1.54) is 29.8 Å². The number of amides is 1. The van der Waals surface area contributed by atoms with Gasteiger partial charge in [-0.1, -0.05) is 12.1 Å². The highest BCUT2D eigenvalue weighted by Gasteiger charge is 2.16. The molecule has 3 rings (SSSR count). The van der Waals surface area contributed by atoms with Crippen molar-refractivity contribution in [1.29, 1.82) is 0 Å². The van der Waals surface area contributed by atoms with E-state index < -0.39 is 0 Å². The molecule has 2 heterocycles. The molecule has 0 radical (unpaired) electrons. The Morgan fingerprint density at radius 1 is 1.31 bits per heavy atom. The Labute approximate surface area is 154 Å². The van der Waals surface area contributed by atoms with Gasteiger partial charge < -0.3 is 14.8 Å². The van der Waals surface area contributed by atoms with Crippen LogP contribution in [-0.2, 0) is 9.53 Å². The van der Waals surface area contributed by atoms with E-state index >= 15 is 0 Å². The van der Waals surface area contributed by atoms with E-state index in [0.717, 1.165) is 16.0 Å². The van der Waals surface area contributed by atoms with Crippen molar-refractivity contribution in [1.82, 2.24) is 15.3 Å². The first-order chi connectivity index (χ1) is 12.6. The minimum atomic E-state index is -0.303. The highest BCUT2D eigenvalue weighted by atomic mass is 32.1. The molecule has 8 heteroatoms. The Morgan fingerprint density at radius 2 is 2.08 bits per heavy atom. The first kappa shape index (κ1) is 18.2. The Balaban J connectivity index is 1.81. The van der Waals surface area contributed by atoms with Gasteiger partial charge >= 0.3 is 0 Å². The van der Waals surface area contributed by atoms with Crippen LogP contribution in [0.4, 0.5) is 4.39 Å². The largest absolute Gasteiger partial charge is 0.467 e. The monoisotopic (exact) mass is 375 g/mol. The van der Waals surface area contributed by atoms with Crippen molar-refractivity contribution in [2.45, 2.75) is 13.0 Å². The molecule has 26 heavy (non-hydrogen) atoms. The molecular weight excluding hydrogens is 357 g/mol. The van der Waals surface area contributed by atoms with Gasteiger partial charge in [0.15, 0.2) is 6.61 Å². The number of nitrogens with one attached hydrogen (secondary N) is 1. The SMILES string of the molecule is COCC(C)NC(=O)COc1ncnc2scc(-c3ccc(F)cc3)c12. The van der Waals surface area contributed by atoms with Gasteiger partial charge in [0, 0.05) is 24.1 Å². The number of carbonyl (C=O) groups is 1. The maximum absolute atomic E-state index is 13.2. The molecule has 0 aliphatic heterocycles. The standard InChI is InChI=1S/C18H18FN3O3S/c1-11(7-24-2)22-15(23)8-25-17-16-14(9-26-18(16)21-10-20-17)12-3-5-13(19)6-4-12/h3-6,9-11H,7-8H2,1-2H3,(H,22,23). The van der Waals surface area contributed by atoms with Crippen LogP contribution in [0, 0.1) is 5.82 Å². The molecule has 1 unspecified atom stereocenters. The van der Waals surface area contributed by atoms with Crippen LogP contribution in [-0.4, -0.2) is 42.2 Å². The third-order valence-corrected chi connectivity index (χ3v) is 4.54. The number of nitrogens with zero attached hydrogens (tertiary/aromatic N) is 2. The molecule has 0 aliphatic carbocycles. The molecule has 3 aromatic rings. The van der Waals surface area contributed by atoms with Gasteiger partial charge in [0.05, 0.1) is 12.0 Å². The second-order valence-corrected chi connectivity index (χ2v) is 6.59. The molecule has 0 saturated heterocycles. The fourth-order valence-electron chi connectivity index (χ4n) is 2.54. The van der Waals surface area contributed by atoms with Crippen molar-refractivity contribution in [3.63, 3.8) is 0 Å². The summed E-state index contributed by atoms with van der Waals surface area (Å²) >= 11 is 1.44. The van der Waals surface area contributed by atoms with Gasteiger partial charge in [-0.05, 0) is 24.6 Å². The molecule has 2 aromatic heterocycles. The maximum Gasteiger partial charge on any atom is 0.258 e. The lowest BCUT2D eigenvalue weighted by atomic mass is 10.1. The Kier molecular flexibility index (Phi) is 5.75. The van der Waals surface area contributed by atoms with Crippen molar-refractivity contribution < 1.29 is 18.7 Å². The minimum Gasteiger partial charge on any atom is -0.467 e. The third kappa shape index (κ3) is 4.14. The zero-order chi connectivity index (χ0) is 18.5. The fourth-order valence-corrected chi connectivity index (χ4v) is 3.45. The van der Waals surface area contributed by atoms with Gasteiger partial charge in [0.25, 0.3) is 5.91 Å². The number of hydrogen-bond donors (Lipinski definition) is 1. The first-order valence-electron chi connectivity index (χ1n) is 7.97. The summed E-state index contributed by atoms with van der Waals surface area (Å²) in [7, 11) is 1.57. The molecule has 0 aliphatic rings. The zero-order valence-corrected chi connectivity index (χ0v) is 15.2. The first-order valence-corrected chi connectivity index (χ1v) is 8.85. The highest BCUT2D eigenvalue weighted by molar-refractivity contribution is 7.17. The average molecular weight is 375 g/mol. The van der Waals surface area contributed by atoms with Crippen LogP contribution in [0.2, 0.25) is 0 Å². The van der Waals surface area contributed by atoms with Crippen LogP contribution >= 0.6 is 11.3 Å². The average Bonchev–Trinajstić information content (AvgIpc) is 3.05. The van der Waals surface area contributed by atoms with Crippen LogP contribution in [0.15, 0.2) is 36.0 Å². The maximum atomic E-state index is 13.2. The molecule has 0 bridgehead atoms. The topological polar surface area (TPSA) is 73.3 Å². The summed E-state index contributed by atoms with van der Waals surface area (Å²) in [6.45, 7) is 2.09. The van der Waals surface area contributed by atoms with Gasteiger partial charge in [-0.15, -0.1) is 11.3 Å². The second kappa shape index (κ2) is 8.20. The minimum absolute atomic E-state index is 0.113. The molecule has 1 amide bonds. The van der Waals surface area contributed by atoms with Gasteiger partial charge in [-0.3, -0.25) is 4.79 Å². The van der Waals surface area contributed by atoms with Crippen molar-refractivity contribution in [3.05, 3.63) is 41.8 Å². The van der Waals surface area contributed by atoms with E-state index in [0.29, 0.717) is 17.9 Å². The fraction of sp³-hybridized carbons (Fsp3) is 0.278. The van der Waals surface area contributed by atoms with Crippen molar-refractivity contribution >= 4 is 27.5 Å². The number of methoxy groups -OCH3 is 1. The molecule has 1 N–H and O–H groups in total. The van der Waals surface area contributed by atoms with Crippen LogP contribution in [0.5, 0.6) is 5.88 Å². The Hall–Kier alpha value is -2.58. The van der Waals surface area contributed by atoms with Crippen LogP contribution < -0.4 is 10.1 Å². The van der Waals surface area contributed by atoms with Gasteiger partial charge in [0.1, 0.15) is 17.0 Å². The van der Waals surface area contributed by atoms with Crippen molar-refractivity contribution in [3.8, 4) is 17.0 Å². The summed E-state index contributed by atoms with van der Waals surface area (Å²) < 4.78 is 23.8. The molecule has 0 fully saturated rings. The third-order valence-electron chi connectivity index (χ3n) is 3.65. The number of ether oxygens (including phenoxy) is 2. The smallest absolute Gasteiger partial charge is 0.258 e. The molecule has 0 spiro atoms. The van der Waals surface area contributed by atoms with Gasteiger partial charge in [-0.25, -0.2) is 14.4 Å². The Bertz CT molecular complexity index is 898. The normalized spacial score (nSPS) is 12.1. The predicted octanol–water partition coefficient (Wildman–Crippen LogP) is 3.03. The van der Waals surface area contributed by atoms with Gasteiger partial charge in [0.2, 0.25) is 5.88 Å². The van der Waals surface area contributed by atoms with E-state index in [9.17, 15) is 9.18 Å². The zero-order valence-electron chi connectivity index (χ0n) is 14.4. The van der Waals surface area contributed by atoms with Crippen LogP contribution in [0.1, 0.15) is 6.92 Å². The number of benzene rings is 1. The van der Waals surface area contributed by atoms with Crippen molar-refractivity contribution in [2.75, 3.05) is 20.3 Å². The molecule has 1 aromatic carbocycles. The summed E-state index contributed by atoms with van der Waals surface area (Å²) in [5.74, 6) is -0.243. The lowest BCUT2D eigenvalue weighted by molar-refractivity contribution is -0.124. The number of aromatic nitrogens is 2. The van der Waals surface area contributed by atoms with E-state index in [1.807, 2.05) is 12.3 Å². The van der Waals surface area contributed by atoms with Crippen LogP contribution in [0.3, 0.4) is 0 Å². The van der Waals surface area contributed by atoms with E-state index in [1.54, 1.807) is 19.2 Å². The quantitative estimate of drug-likeness (QED) is 0.687. The van der Waals surface area contributed by atoms with E-state index in [4.69, 9.17) is 9.47 Å². The van der Waals surface area contributed by atoms with Gasteiger partial charge in [-0.2, -0.15) is 0 Å².